The Labute approximate surface area is 124 Å². The number of rotatable bonds is 4. The van der Waals surface area contributed by atoms with Gasteiger partial charge in [-0.2, -0.15) is 0 Å². The fourth-order valence-corrected chi connectivity index (χ4v) is 4.47. The third kappa shape index (κ3) is 3.93. The minimum absolute atomic E-state index is 0.229. The zero-order valence-corrected chi connectivity index (χ0v) is 13.9. The maximum atomic E-state index is 11.8. The van der Waals surface area contributed by atoms with Crippen LogP contribution in [-0.4, -0.2) is 80.6 Å². The number of nitrogens with zero attached hydrogens (tertiary/aromatic N) is 3. The lowest BCUT2D eigenvalue weighted by molar-refractivity contribution is 0.0750. The average Bonchev–Trinajstić information content (AvgIpc) is 2.42. The van der Waals surface area contributed by atoms with Crippen LogP contribution in [0.15, 0.2) is 0 Å². The smallest absolute Gasteiger partial charge is 0.213 e. The van der Waals surface area contributed by atoms with E-state index in [1.165, 1.54) is 0 Å². The molecule has 0 spiro atoms. The number of piperazine rings is 1. The Morgan fingerprint density at radius 1 is 1.10 bits per heavy atom. The maximum Gasteiger partial charge on any atom is 0.213 e. The van der Waals surface area contributed by atoms with Crippen LogP contribution in [0.1, 0.15) is 26.7 Å². The van der Waals surface area contributed by atoms with Crippen LogP contribution in [0, 0.1) is 5.92 Å². The standard InChI is InChI=1S/C14H29N3O2S/c1-4-20(18,19)17-7-5-14(6-8-17)12-16-10-9-15(3)11-13(16)2/h13-14H,4-12H2,1-3H3. The third-order valence-electron chi connectivity index (χ3n) is 4.79. The van der Waals surface area contributed by atoms with Crippen molar-refractivity contribution in [2.45, 2.75) is 32.7 Å². The van der Waals surface area contributed by atoms with Crippen molar-refractivity contribution in [2.24, 2.45) is 5.92 Å². The van der Waals surface area contributed by atoms with E-state index >= 15 is 0 Å². The van der Waals surface area contributed by atoms with Crippen molar-refractivity contribution in [3.05, 3.63) is 0 Å². The maximum absolute atomic E-state index is 11.8. The summed E-state index contributed by atoms with van der Waals surface area (Å²) in [5.74, 6) is 0.886. The summed E-state index contributed by atoms with van der Waals surface area (Å²) in [4.78, 5) is 4.96. The zero-order chi connectivity index (χ0) is 14.8. The lowest BCUT2D eigenvalue weighted by Crippen LogP contribution is -2.52. The molecule has 2 fully saturated rings. The van der Waals surface area contributed by atoms with Crippen molar-refractivity contribution in [3.63, 3.8) is 0 Å². The highest BCUT2D eigenvalue weighted by atomic mass is 32.2. The molecular formula is C14H29N3O2S. The Kier molecular flexibility index (Phi) is 5.45. The molecule has 0 saturated carbocycles. The van der Waals surface area contributed by atoms with Crippen molar-refractivity contribution in [1.29, 1.82) is 0 Å². The van der Waals surface area contributed by atoms with E-state index in [0.29, 0.717) is 25.0 Å². The number of piperidine rings is 1. The van der Waals surface area contributed by atoms with Crippen molar-refractivity contribution in [1.82, 2.24) is 14.1 Å². The van der Waals surface area contributed by atoms with Crippen LogP contribution >= 0.6 is 0 Å². The molecule has 0 aromatic carbocycles. The van der Waals surface area contributed by atoms with Gasteiger partial charge in [0.05, 0.1) is 5.75 Å². The largest absolute Gasteiger partial charge is 0.304 e. The topological polar surface area (TPSA) is 43.9 Å². The molecule has 0 aromatic heterocycles. The molecule has 2 heterocycles. The van der Waals surface area contributed by atoms with Crippen molar-refractivity contribution < 1.29 is 8.42 Å². The fraction of sp³-hybridized carbons (Fsp3) is 1.00. The van der Waals surface area contributed by atoms with Gasteiger partial charge in [0, 0.05) is 45.3 Å². The SMILES string of the molecule is CCS(=O)(=O)N1CCC(CN2CCN(C)CC2C)CC1. The van der Waals surface area contributed by atoms with Crippen LogP contribution < -0.4 is 0 Å². The molecule has 0 N–H and O–H groups in total. The van der Waals surface area contributed by atoms with Gasteiger partial charge in [-0.05, 0) is 39.7 Å². The van der Waals surface area contributed by atoms with Gasteiger partial charge in [-0.3, -0.25) is 4.90 Å². The van der Waals surface area contributed by atoms with Crippen molar-refractivity contribution in [3.8, 4) is 0 Å². The van der Waals surface area contributed by atoms with Gasteiger partial charge in [-0.15, -0.1) is 0 Å². The highest BCUT2D eigenvalue weighted by molar-refractivity contribution is 7.89. The minimum atomic E-state index is -2.98. The number of likely N-dealkylation sites (N-methyl/N-ethyl adjacent to an activating group) is 1. The summed E-state index contributed by atoms with van der Waals surface area (Å²) >= 11 is 0. The normalized spacial score (nSPS) is 28.9. The van der Waals surface area contributed by atoms with Crippen LogP contribution in [0.4, 0.5) is 0 Å². The van der Waals surface area contributed by atoms with E-state index < -0.39 is 10.0 Å². The molecule has 6 heteroatoms. The van der Waals surface area contributed by atoms with Gasteiger partial charge in [0.2, 0.25) is 10.0 Å². The predicted octanol–water partition coefficient (Wildman–Crippen LogP) is 0.684. The molecule has 2 aliphatic rings. The Balaban J connectivity index is 1.80. The third-order valence-corrected chi connectivity index (χ3v) is 6.67. The van der Waals surface area contributed by atoms with Gasteiger partial charge in [-0.1, -0.05) is 0 Å². The van der Waals surface area contributed by atoms with Gasteiger partial charge in [0.25, 0.3) is 0 Å². The first kappa shape index (κ1) is 16.2. The molecule has 0 radical (unpaired) electrons. The van der Waals surface area contributed by atoms with Crippen LogP contribution in [0.5, 0.6) is 0 Å². The van der Waals surface area contributed by atoms with Crippen LogP contribution in [0.2, 0.25) is 0 Å². The molecule has 0 amide bonds. The van der Waals surface area contributed by atoms with Crippen LogP contribution in [-0.2, 0) is 10.0 Å². The molecule has 2 aliphatic heterocycles. The second-order valence-electron chi connectivity index (χ2n) is 6.35. The summed E-state index contributed by atoms with van der Waals surface area (Å²) in [6.07, 6.45) is 2.02. The fourth-order valence-electron chi connectivity index (χ4n) is 3.33. The molecular weight excluding hydrogens is 274 g/mol. The Morgan fingerprint density at radius 3 is 2.30 bits per heavy atom. The summed E-state index contributed by atoms with van der Waals surface area (Å²) in [6.45, 7) is 10.0. The Morgan fingerprint density at radius 2 is 1.75 bits per heavy atom. The minimum Gasteiger partial charge on any atom is -0.304 e. The average molecular weight is 303 g/mol. The lowest BCUT2D eigenvalue weighted by Gasteiger charge is -2.41. The number of sulfonamides is 1. The molecule has 118 valence electrons. The van der Waals surface area contributed by atoms with E-state index in [-0.39, 0.29) is 5.75 Å². The van der Waals surface area contributed by atoms with E-state index in [1.807, 2.05) is 0 Å². The summed E-state index contributed by atoms with van der Waals surface area (Å²) in [5.41, 5.74) is 0. The molecule has 20 heavy (non-hydrogen) atoms. The monoisotopic (exact) mass is 303 g/mol. The van der Waals surface area contributed by atoms with Gasteiger partial charge in [0.1, 0.15) is 0 Å². The highest BCUT2D eigenvalue weighted by Gasteiger charge is 2.29. The van der Waals surface area contributed by atoms with E-state index in [1.54, 1.807) is 11.2 Å². The van der Waals surface area contributed by atoms with Gasteiger partial charge < -0.3 is 4.90 Å². The van der Waals surface area contributed by atoms with Gasteiger partial charge in [0.15, 0.2) is 0 Å². The van der Waals surface area contributed by atoms with Crippen molar-refractivity contribution in [2.75, 3.05) is 52.1 Å². The van der Waals surface area contributed by atoms with E-state index in [2.05, 4.69) is 23.8 Å². The molecule has 1 atom stereocenters. The summed E-state index contributed by atoms with van der Waals surface area (Å²) < 4.78 is 25.4. The molecule has 0 bridgehead atoms. The Bertz CT molecular complexity index is 405. The first-order chi connectivity index (χ1) is 9.42. The van der Waals surface area contributed by atoms with Gasteiger partial charge >= 0.3 is 0 Å². The van der Waals surface area contributed by atoms with Crippen LogP contribution in [0.25, 0.3) is 0 Å². The Hall–Kier alpha value is -0.170. The molecule has 2 saturated heterocycles. The first-order valence-corrected chi connectivity index (χ1v) is 9.43. The summed E-state index contributed by atoms with van der Waals surface area (Å²) in [6, 6.07) is 0.617. The molecule has 0 aliphatic carbocycles. The van der Waals surface area contributed by atoms with E-state index in [4.69, 9.17) is 0 Å². The zero-order valence-electron chi connectivity index (χ0n) is 13.1. The second-order valence-corrected chi connectivity index (χ2v) is 8.61. The van der Waals surface area contributed by atoms with Crippen LogP contribution in [0.3, 0.4) is 0 Å². The quantitative estimate of drug-likeness (QED) is 0.766. The predicted molar refractivity (Wildman–Crippen MR) is 82.3 cm³/mol. The highest BCUT2D eigenvalue weighted by Crippen LogP contribution is 2.22. The molecule has 0 aromatic rings. The van der Waals surface area contributed by atoms with E-state index in [9.17, 15) is 8.42 Å². The lowest BCUT2D eigenvalue weighted by atomic mass is 9.96. The second kappa shape index (κ2) is 6.73. The number of hydrogen-bond acceptors (Lipinski definition) is 4. The summed E-state index contributed by atoms with van der Waals surface area (Å²) in [5, 5.41) is 0. The molecule has 1 unspecified atom stereocenters. The molecule has 5 nitrogen and oxygen atoms in total. The summed E-state index contributed by atoms with van der Waals surface area (Å²) in [7, 11) is -0.800. The molecule has 2 rings (SSSR count). The van der Waals surface area contributed by atoms with E-state index in [0.717, 1.165) is 39.0 Å². The van der Waals surface area contributed by atoms with Crippen molar-refractivity contribution >= 4 is 10.0 Å². The number of hydrogen-bond donors (Lipinski definition) is 0. The van der Waals surface area contributed by atoms with Gasteiger partial charge in [-0.25, -0.2) is 12.7 Å². The first-order valence-electron chi connectivity index (χ1n) is 7.82.